The summed E-state index contributed by atoms with van der Waals surface area (Å²) in [4.78, 5) is 5.29. The summed E-state index contributed by atoms with van der Waals surface area (Å²) in [5.74, 6) is 1.53. The minimum atomic E-state index is 0.445. The Morgan fingerprint density at radius 3 is 2.83 bits per heavy atom. The van der Waals surface area contributed by atoms with Gasteiger partial charge >= 0.3 is 0 Å². The van der Waals surface area contributed by atoms with Crippen molar-refractivity contribution in [3.63, 3.8) is 0 Å². The van der Waals surface area contributed by atoms with Crippen molar-refractivity contribution in [1.82, 2.24) is 4.98 Å². The van der Waals surface area contributed by atoms with Crippen LogP contribution in [-0.4, -0.2) is 12.1 Å². The van der Waals surface area contributed by atoms with E-state index >= 15 is 0 Å². The number of nitrogens with two attached hydrogens (primary N) is 1. The van der Waals surface area contributed by atoms with Crippen LogP contribution in [0.5, 0.6) is 11.5 Å². The van der Waals surface area contributed by atoms with Crippen LogP contribution in [0.25, 0.3) is 0 Å². The molecule has 0 unspecified atom stereocenters. The zero-order chi connectivity index (χ0) is 13.0. The highest BCUT2D eigenvalue weighted by molar-refractivity contribution is 7.11. The molecule has 2 N–H and O–H groups in total. The summed E-state index contributed by atoms with van der Waals surface area (Å²) in [7, 11) is 1.63. The molecule has 4 nitrogen and oxygen atoms in total. The summed E-state index contributed by atoms with van der Waals surface area (Å²) in [5, 5.41) is 1.04. The lowest BCUT2D eigenvalue weighted by molar-refractivity contribution is 0.303. The number of methoxy groups -OCH3 is 1. The van der Waals surface area contributed by atoms with Crippen LogP contribution < -0.4 is 15.2 Å². The molecule has 5 heteroatoms. The number of hydrogen-bond donors (Lipinski definition) is 1. The van der Waals surface area contributed by atoms with E-state index in [0.717, 1.165) is 26.9 Å². The maximum Gasteiger partial charge on any atom is 0.128 e. The molecule has 0 saturated carbocycles. The van der Waals surface area contributed by atoms with Gasteiger partial charge in [0.1, 0.15) is 18.1 Å². The first-order valence-electron chi connectivity index (χ1n) is 5.64. The molecule has 0 aliphatic heterocycles. The fraction of sp³-hybridized carbons (Fsp3) is 0.308. The summed E-state index contributed by atoms with van der Waals surface area (Å²) in [6.07, 6.45) is 1.84. The molecule has 0 fully saturated rings. The highest BCUT2D eigenvalue weighted by Gasteiger charge is 2.06. The fourth-order valence-corrected chi connectivity index (χ4v) is 2.29. The van der Waals surface area contributed by atoms with E-state index in [2.05, 4.69) is 4.98 Å². The van der Waals surface area contributed by atoms with Crippen molar-refractivity contribution in [1.29, 1.82) is 0 Å². The van der Waals surface area contributed by atoms with Crippen molar-refractivity contribution in [3.8, 4) is 11.5 Å². The maximum atomic E-state index is 5.78. The Morgan fingerprint density at radius 2 is 2.22 bits per heavy atom. The second kappa shape index (κ2) is 5.84. The maximum absolute atomic E-state index is 5.78. The molecule has 2 aromatic rings. The second-order valence-electron chi connectivity index (χ2n) is 3.81. The van der Waals surface area contributed by atoms with Crippen LogP contribution in [0.4, 0.5) is 0 Å². The van der Waals surface area contributed by atoms with Crippen molar-refractivity contribution >= 4 is 11.3 Å². The van der Waals surface area contributed by atoms with Crippen LogP contribution in [0.2, 0.25) is 0 Å². The Balaban J connectivity index is 2.11. The van der Waals surface area contributed by atoms with Gasteiger partial charge in [-0.3, -0.25) is 0 Å². The van der Waals surface area contributed by atoms with Crippen LogP contribution in [-0.2, 0) is 13.2 Å². The van der Waals surface area contributed by atoms with Gasteiger partial charge in [0, 0.05) is 24.4 Å². The number of ether oxygens (including phenoxy) is 2. The average molecular weight is 264 g/mol. The third-order valence-corrected chi connectivity index (χ3v) is 3.42. The molecule has 96 valence electrons. The van der Waals surface area contributed by atoms with Crippen molar-refractivity contribution in [3.05, 3.63) is 39.8 Å². The second-order valence-corrected chi connectivity index (χ2v) is 5.13. The molecule has 0 aliphatic carbocycles. The standard InChI is InChI=1S/C13H16N2O2S/c1-9-15-7-12(18-9)8-17-13-5-11(16-2)4-3-10(13)6-14/h3-5,7H,6,8,14H2,1-2H3. The minimum Gasteiger partial charge on any atom is -0.497 e. The van der Waals surface area contributed by atoms with Crippen molar-refractivity contribution in [2.45, 2.75) is 20.1 Å². The van der Waals surface area contributed by atoms with Gasteiger partial charge in [-0.05, 0) is 13.0 Å². The molecule has 1 aromatic heterocycles. The molecule has 0 radical (unpaired) electrons. The van der Waals surface area contributed by atoms with Gasteiger partial charge in [-0.1, -0.05) is 6.07 Å². The first kappa shape index (κ1) is 12.9. The number of thiazole rings is 1. The van der Waals surface area contributed by atoms with Crippen LogP contribution in [0, 0.1) is 6.92 Å². The van der Waals surface area contributed by atoms with E-state index in [1.165, 1.54) is 0 Å². The van der Waals surface area contributed by atoms with Crippen molar-refractivity contribution < 1.29 is 9.47 Å². The normalized spacial score (nSPS) is 10.4. The lowest BCUT2D eigenvalue weighted by atomic mass is 10.2. The Morgan fingerprint density at radius 1 is 1.39 bits per heavy atom. The fourth-order valence-electron chi connectivity index (χ4n) is 1.59. The lowest BCUT2D eigenvalue weighted by Gasteiger charge is -2.11. The zero-order valence-corrected chi connectivity index (χ0v) is 11.3. The molecule has 0 amide bonds. The Hall–Kier alpha value is -1.59. The molecule has 0 aliphatic rings. The third-order valence-electron chi connectivity index (χ3n) is 2.53. The van der Waals surface area contributed by atoms with Crippen LogP contribution in [0.3, 0.4) is 0 Å². The van der Waals surface area contributed by atoms with Gasteiger partial charge < -0.3 is 15.2 Å². The first-order valence-corrected chi connectivity index (χ1v) is 6.45. The van der Waals surface area contributed by atoms with Gasteiger partial charge in [-0.25, -0.2) is 4.98 Å². The average Bonchev–Trinajstić information content (AvgIpc) is 2.81. The van der Waals surface area contributed by atoms with Gasteiger partial charge in [0.25, 0.3) is 0 Å². The molecule has 0 spiro atoms. The van der Waals surface area contributed by atoms with E-state index in [-0.39, 0.29) is 0 Å². The molecular weight excluding hydrogens is 248 g/mol. The van der Waals surface area contributed by atoms with Gasteiger partial charge in [-0.15, -0.1) is 11.3 Å². The van der Waals surface area contributed by atoms with E-state index in [4.69, 9.17) is 15.2 Å². The van der Waals surface area contributed by atoms with Gasteiger partial charge in [0.15, 0.2) is 0 Å². The third kappa shape index (κ3) is 3.00. The Kier molecular flexibility index (Phi) is 4.17. The zero-order valence-electron chi connectivity index (χ0n) is 10.5. The predicted molar refractivity (Wildman–Crippen MR) is 72.1 cm³/mol. The van der Waals surface area contributed by atoms with E-state index in [9.17, 15) is 0 Å². The summed E-state index contributed by atoms with van der Waals surface area (Å²) in [6.45, 7) is 2.93. The van der Waals surface area contributed by atoms with E-state index in [0.29, 0.717) is 13.2 Å². The topological polar surface area (TPSA) is 57.4 Å². The number of benzene rings is 1. The molecule has 2 rings (SSSR count). The van der Waals surface area contributed by atoms with E-state index in [1.807, 2.05) is 31.3 Å². The highest BCUT2D eigenvalue weighted by atomic mass is 32.1. The Bertz CT molecular complexity index is 525. The molecule has 1 heterocycles. The Labute approximate surface area is 110 Å². The summed E-state index contributed by atoms with van der Waals surface area (Å²) in [5.41, 5.74) is 6.65. The predicted octanol–water partition coefficient (Wildman–Crippen LogP) is 2.50. The monoisotopic (exact) mass is 264 g/mol. The first-order chi connectivity index (χ1) is 8.72. The van der Waals surface area contributed by atoms with E-state index in [1.54, 1.807) is 18.4 Å². The molecule has 1 aromatic carbocycles. The molecule has 0 bridgehead atoms. The summed E-state index contributed by atoms with van der Waals surface area (Å²) in [6, 6.07) is 5.66. The molecule has 0 saturated heterocycles. The smallest absolute Gasteiger partial charge is 0.128 e. The van der Waals surface area contributed by atoms with Crippen molar-refractivity contribution in [2.75, 3.05) is 7.11 Å². The number of nitrogens with zero attached hydrogens (tertiary/aromatic N) is 1. The van der Waals surface area contributed by atoms with Gasteiger partial charge in [-0.2, -0.15) is 0 Å². The quantitative estimate of drug-likeness (QED) is 0.901. The lowest BCUT2D eigenvalue weighted by Crippen LogP contribution is -2.02. The summed E-state index contributed by atoms with van der Waals surface area (Å²) >= 11 is 1.63. The van der Waals surface area contributed by atoms with Gasteiger partial charge in [0.05, 0.1) is 17.0 Å². The molecular formula is C13H16N2O2S. The summed E-state index contributed by atoms with van der Waals surface area (Å²) < 4.78 is 11.0. The number of aryl methyl sites for hydroxylation is 1. The van der Waals surface area contributed by atoms with Crippen LogP contribution in [0.15, 0.2) is 24.4 Å². The SMILES string of the molecule is COc1ccc(CN)c(OCc2cnc(C)s2)c1. The highest BCUT2D eigenvalue weighted by Crippen LogP contribution is 2.26. The number of rotatable bonds is 5. The van der Waals surface area contributed by atoms with E-state index < -0.39 is 0 Å². The van der Waals surface area contributed by atoms with Crippen LogP contribution in [0.1, 0.15) is 15.4 Å². The largest absolute Gasteiger partial charge is 0.497 e. The molecule has 0 atom stereocenters. The molecule has 18 heavy (non-hydrogen) atoms. The number of hydrogen-bond acceptors (Lipinski definition) is 5. The van der Waals surface area contributed by atoms with Crippen LogP contribution >= 0.6 is 11.3 Å². The number of aromatic nitrogens is 1. The van der Waals surface area contributed by atoms with Crippen molar-refractivity contribution in [2.24, 2.45) is 5.73 Å². The van der Waals surface area contributed by atoms with Gasteiger partial charge in [0.2, 0.25) is 0 Å². The minimum absolute atomic E-state index is 0.445.